The van der Waals surface area contributed by atoms with Crippen molar-refractivity contribution >= 4 is 29.3 Å². The Morgan fingerprint density at radius 1 is 1.23 bits per heavy atom. The van der Waals surface area contributed by atoms with Crippen LogP contribution in [0.3, 0.4) is 0 Å². The normalized spacial score (nSPS) is 16.8. The maximum Gasteiger partial charge on any atom is 0.225 e. The zero-order valence-corrected chi connectivity index (χ0v) is 15.7. The zero-order chi connectivity index (χ0) is 18.5. The highest BCUT2D eigenvalue weighted by atomic mass is 35.5. The summed E-state index contributed by atoms with van der Waals surface area (Å²) >= 11 is 7.36. The molecule has 2 aromatic carbocycles. The number of halogens is 1. The van der Waals surface area contributed by atoms with Crippen molar-refractivity contribution in [2.45, 2.75) is 18.1 Å². The number of amides is 1. The molecule has 1 N–H and O–H groups in total. The lowest BCUT2D eigenvalue weighted by Crippen LogP contribution is -2.30. The molecular formula is C20H17ClN2O2S. The molecule has 0 saturated carbocycles. The van der Waals surface area contributed by atoms with E-state index in [0.717, 1.165) is 16.9 Å². The van der Waals surface area contributed by atoms with Crippen molar-refractivity contribution in [1.29, 1.82) is 5.26 Å². The Balaban J connectivity index is 1.85. The van der Waals surface area contributed by atoms with Gasteiger partial charge in [-0.3, -0.25) is 4.79 Å². The quantitative estimate of drug-likeness (QED) is 0.816. The molecule has 6 heteroatoms. The van der Waals surface area contributed by atoms with Crippen LogP contribution in [0.25, 0.3) is 0 Å². The lowest BCUT2D eigenvalue weighted by molar-refractivity contribution is -0.120. The molecule has 2 aromatic rings. The number of nitrogens with one attached hydrogen (secondary N) is 1. The maximum absolute atomic E-state index is 12.2. The molecule has 0 bridgehead atoms. The van der Waals surface area contributed by atoms with Crippen molar-refractivity contribution in [2.75, 3.05) is 7.11 Å². The van der Waals surface area contributed by atoms with Gasteiger partial charge in [-0.2, -0.15) is 5.26 Å². The second-order valence-corrected chi connectivity index (χ2v) is 7.27. The van der Waals surface area contributed by atoms with Crippen molar-refractivity contribution in [3.8, 4) is 11.8 Å². The second-order valence-electron chi connectivity index (χ2n) is 5.85. The van der Waals surface area contributed by atoms with Crippen LogP contribution in [-0.4, -0.2) is 13.0 Å². The van der Waals surface area contributed by atoms with Gasteiger partial charge in [0.05, 0.1) is 23.8 Å². The SMILES string of the molecule is COc1ccc([C@H]2CC(=O)NC(SCc3ccc(Cl)cc3)=C2C#N)cc1. The fourth-order valence-electron chi connectivity index (χ4n) is 2.79. The van der Waals surface area contributed by atoms with E-state index in [2.05, 4.69) is 11.4 Å². The minimum atomic E-state index is -0.243. The van der Waals surface area contributed by atoms with Crippen molar-refractivity contribution in [2.24, 2.45) is 0 Å². The van der Waals surface area contributed by atoms with Gasteiger partial charge in [0.2, 0.25) is 5.91 Å². The summed E-state index contributed by atoms with van der Waals surface area (Å²) in [7, 11) is 1.61. The van der Waals surface area contributed by atoms with E-state index in [4.69, 9.17) is 16.3 Å². The number of hydrogen-bond acceptors (Lipinski definition) is 4. The van der Waals surface area contributed by atoms with Gasteiger partial charge in [-0.05, 0) is 35.4 Å². The number of thioether (sulfide) groups is 1. The van der Waals surface area contributed by atoms with Crippen LogP contribution < -0.4 is 10.1 Å². The van der Waals surface area contributed by atoms with Gasteiger partial charge in [0, 0.05) is 23.1 Å². The minimum Gasteiger partial charge on any atom is -0.497 e. The number of allylic oxidation sites excluding steroid dienone is 1. The monoisotopic (exact) mass is 384 g/mol. The maximum atomic E-state index is 12.2. The Labute approximate surface area is 161 Å². The number of carbonyl (C=O) groups is 1. The molecule has 4 nitrogen and oxygen atoms in total. The van der Waals surface area contributed by atoms with E-state index in [-0.39, 0.29) is 18.2 Å². The molecule has 0 aliphatic carbocycles. The second kappa shape index (κ2) is 8.31. The first kappa shape index (κ1) is 18.4. The van der Waals surface area contributed by atoms with Gasteiger partial charge in [-0.25, -0.2) is 0 Å². The van der Waals surface area contributed by atoms with Gasteiger partial charge in [-0.1, -0.05) is 35.9 Å². The molecule has 132 valence electrons. The lowest BCUT2D eigenvalue weighted by atomic mass is 9.87. The average molecular weight is 385 g/mol. The molecule has 0 radical (unpaired) electrons. The van der Waals surface area contributed by atoms with E-state index < -0.39 is 0 Å². The van der Waals surface area contributed by atoms with Crippen LogP contribution in [0.1, 0.15) is 23.5 Å². The molecular weight excluding hydrogens is 368 g/mol. The third kappa shape index (κ3) is 4.21. The Bertz CT molecular complexity index is 870. The molecule has 26 heavy (non-hydrogen) atoms. The van der Waals surface area contributed by atoms with Gasteiger partial charge in [0.1, 0.15) is 5.75 Å². The lowest BCUT2D eigenvalue weighted by Gasteiger charge is -2.25. The van der Waals surface area contributed by atoms with E-state index >= 15 is 0 Å². The summed E-state index contributed by atoms with van der Waals surface area (Å²) in [5.74, 6) is 1.07. The van der Waals surface area contributed by atoms with Gasteiger partial charge < -0.3 is 10.1 Å². The van der Waals surface area contributed by atoms with Crippen LogP contribution >= 0.6 is 23.4 Å². The van der Waals surface area contributed by atoms with Crippen LogP contribution in [0.5, 0.6) is 5.75 Å². The summed E-state index contributed by atoms with van der Waals surface area (Å²) in [6.07, 6.45) is 0.264. The van der Waals surface area contributed by atoms with Gasteiger partial charge in [0.15, 0.2) is 0 Å². The van der Waals surface area contributed by atoms with Gasteiger partial charge in [-0.15, -0.1) is 11.8 Å². The standard InChI is InChI=1S/C20H17ClN2O2S/c1-25-16-8-4-14(5-9-16)17-10-19(24)23-20(18(17)11-22)26-12-13-2-6-15(21)7-3-13/h2-9,17H,10,12H2,1H3,(H,23,24)/t17-/m1/s1. The molecule has 0 spiro atoms. The fraction of sp³-hybridized carbons (Fsp3) is 0.200. The van der Waals surface area contributed by atoms with Gasteiger partial charge >= 0.3 is 0 Å². The predicted octanol–water partition coefficient (Wildman–Crippen LogP) is 4.62. The van der Waals surface area contributed by atoms with Crippen LogP contribution in [0.2, 0.25) is 5.02 Å². The Kier molecular flexibility index (Phi) is 5.87. The number of nitrogens with zero attached hydrogens (tertiary/aromatic N) is 1. The van der Waals surface area contributed by atoms with Gasteiger partial charge in [0.25, 0.3) is 0 Å². The number of ether oxygens (including phenoxy) is 1. The van der Waals surface area contributed by atoms with Crippen molar-refractivity contribution in [1.82, 2.24) is 5.32 Å². The first-order valence-electron chi connectivity index (χ1n) is 8.06. The summed E-state index contributed by atoms with van der Waals surface area (Å²) in [6, 6.07) is 17.3. The van der Waals surface area contributed by atoms with Crippen LogP contribution in [0.4, 0.5) is 0 Å². The summed E-state index contributed by atoms with van der Waals surface area (Å²) in [5.41, 5.74) is 2.60. The van der Waals surface area contributed by atoms with Crippen LogP contribution in [0.15, 0.2) is 59.1 Å². The topological polar surface area (TPSA) is 62.1 Å². The minimum absolute atomic E-state index is 0.0802. The average Bonchev–Trinajstić information content (AvgIpc) is 2.67. The fourth-order valence-corrected chi connectivity index (χ4v) is 3.95. The molecule has 0 fully saturated rings. The van der Waals surface area contributed by atoms with Crippen molar-refractivity contribution < 1.29 is 9.53 Å². The highest BCUT2D eigenvalue weighted by Gasteiger charge is 2.29. The molecule has 1 aliphatic rings. The number of carbonyl (C=O) groups excluding carboxylic acids is 1. The molecule has 1 aliphatic heterocycles. The summed E-state index contributed by atoms with van der Waals surface area (Å²) < 4.78 is 5.18. The zero-order valence-electron chi connectivity index (χ0n) is 14.2. The Morgan fingerprint density at radius 3 is 2.54 bits per heavy atom. The third-order valence-electron chi connectivity index (χ3n) is 4.17. The number of nitriles is 1. The third-order valence-corrected chi connectivity index (χ3v) is 5.51. The molecule has 1 heterocycles. The molecule has 0 saturated heterocycles. The van der Waals surface area contributed by atoms with E-state index in [1.54, 1.807) is 7.11 Å². The molecule has 0 aromatic heterocycles. The van der Waals surface area contributed by atoms with E-state index in [0.29, 0.717) is 21.4 Å². The summed E-state index contributed by atoms with van der Waals surface area (Å²) in [4.78, 5) is 12.2. The smallest absolute Gasteiger partial charge is 0.225 e. The molecule has 0 unspecified atom stereocenters. The largest absolute Gasteiger partial charge is 0.497 e. The predicted molar refractivity (Wildman–Crippen MR) is 104 cm³/mol. The summed E-state index contributed by atoms with van der Waals surface area (Å²) in [6.45, 7) is 0. The highest BCUT2D eigenvalue weighted by Crippen LogP contribution is 2.37. The first-order chi connectivity index (χ1) is 12.6. The molecule has 3 rings (SSSR count). The molecule has 1 amide bonds. The number of benzene rings is 2. The number of hydrogen-bond donors (Lipinski definition) is 1. The van der Waals surface area contributed by atoms with Crippen molar-refractivity contribution in [3.05, 3.63) is 75.3 Å². The van der Waals surface area contributed by atoms with E-state index in [9.17, 15) is 10.1 Å². The first-order valence-corrected chi connectivity index (χ1v) is 9.42. The Hall–Kier alpha value is -2.42. The summed E-state index contributed by atoms with van der Waals surface area (Å²) in [5, 5.41) is 13.9. The van der Waals surface area contributed by atoms with Crippen LogP contribution in [0, 0.1) is 11.3 Å². The Morgan fingerprint density at radius 2 is 1.92 bits per heavy atom. The van der Waals surface area contributed by atoms with E-state index in [1.807, 2.05) is 48.5 Å². The highest BCUT2D eigenvalue weighted by molar-refractivity contribution is 8.02. The van der Waals surface area contributed by atoms with E-state index in [1.165, 1.54) is 11.8 Å². The number of rotatable bonds is 5. The van der Waals surface area contributed by atoms with Crippen LogP contribution in [-0.2, 0) is 10.5 Å². The van der Waals surface area contributed by atoms with Crippen molar-refractivity contribution in [3.63, 3.8) is 0 Å². The number of methoxy groups -OCH3 is 1. The molecule has 1 atom stereocenters.